The minimum absolute atomic E-state index is 0.0782. The van der Waals surface area contributed by atoms with Crippen LogP contribution in [-0.4, -0.2) is 35.2 Å². The zero-order valence-corrected chi connectivity index (χ0v) is 12.2. The molecule has 2 rings (SSSR count). The molecule has 0 saturated carbocycles. The van der Waals surface area contributed by atoms with Crippen LogP contribution in [0.3, 0.4) is 0 Å². The first kappa shape index (κ1) is 14.8. The van der Waals surface area contributed by atoms with E-state index in [0.29, 0.717) is 18.7 Å². The smallest absolute Gasteiger partial charge is 0.285 e. The van der Waals surface area contributed by atoms with Gasteiger partial charge in [-0.05, 0) is 19.3 Å². The van der Waals surface area contributed by atoms with Gasteiger partial charge in [-0.2, -0.15) is 5.10 Å². The zero-order valence-electron chi connectivity index (χ0n) is 11.5. The standard InChI is InChI=1S/C13H19ClN4O2/c1-2-4-11(19)16-9-5-3-6-18(8-9)10-7-15-17-13(20)12(10)14/h7,9H,2-6,8H2,1H3,(H,16,19)(H,17,20). The Morgan fingerprint density at radius 2 is 2.45 bits per heavy atom. The summed E-state index contributed by atoms with van der Waals surface area (Å²) in [6.07, 6.45) is 4.83. The number of amides is 1. The van der Waals surface area contributed by atoms with Gasteiger partial charge in [-0.1, -0.05) is 18.5 Å². The lowest BCUT2D eigenvalue weighted by Gasteiger charge is -2.34. The van der Waals surface area contributed by atoms with Crippen LogP contribution >= 0.6 is 11.6 Å². The van der Waals surface area contributed by atoms with Crippen molar-refractivity contribution in [3.05, 3.63) is 21.6 Å². The molecule has 7 heteroatoms. The molecular formula is C13H19ClN4O2. The number of anilines is 1. The summed E-state index contributed by atoms with van der Waals surface area (Å²) in [5, 5.41) is 9.27. The third kappa shape index (κ3) is 3.50. The van der Waals surface area contributed by atoms with Gasteiger partial charge in [-0.25, -0.2) is 5.10 Å². The van der Waals surface area contributed by atoms with Gasteiger partial charge in [0.15, 0.2) is 0 Å². The molecule has 0 bridgehead atoms. The summed E-state index contributed by atoms with van der Waals surface area (Å²) in [5.74, 6) is 0.0782. The number of nitrogens with one attached hydrogen (secondary N) is 2. The van der Waals surface area contributed by atoms with E-state index in [0.717, 1.165) is 25.8 Å². The predicted octanol–water partition coefficient (Wildman–Crippen LogP) is 1.31. The van der Waals surface area contributed by atoms with Gasteiger partial charge >= 0.3 is 0 Å². The Morgan fingerprint density at radius 1 is 1.65 bits per heavy atom. The summed E-state index contributed by atoms with van der Waals surface area (Å²) in [6.45, 7) is 3.44. The van der Waals surface area contributed by atoms with E-state index in [1.54, 1.807) is 6.20 Å². The van der Waals surface area contributed by atoms with Crippen LogP contribution in [0.25, 0.3) is 0 Å². The number of nitrogens with zero attached hydrogens (tertiary/aromatic N) is 2. The van der Waals surface area contributed by atoms with Crippen LogP contribution in [0.15, 0.2) is 11.0 Å². The molecule has 1 aliphatic rings. The number of aromatic nitrogens is 2. The third-order valence-corrected chi connectivity index (χ3v) is 3.75. The lowest BCUT2D eigenvalue weighted by molar-refractivity contribution is -0.121. The fraction of sp³-hybridized carbons (Fsp3) is 0.615. The maximum atomic E-state index is 11.7. The van der Waals surface area contributed by atoms with E-state index in [2.05, 4.69) is 15.5 Å². The molecule has 20 heavy (non-hydrogen) atoms. The average molecular weight is 299 g/mol. The Labute approximate surface area is 122 Å². The molecule has 6 nitrogen and oxygen atoms in total. The van der Waals surface area contributed by atoms with Crippen LogP contribution in [-0.2, 0) is 4.79 Å². The van der Waals surface area contributed by atoms with E-state index in [4.69, 9.17) is 11.6 Å². The molecule has 1 unspecified atom stereocenters. The second-order valence-corrected chi connectivity index (χ2v) is 5.38. The van der Waals surface area contributed by atoms with Gasteiger partial charge < -0.3 is 10.2 Å². The topological polar surface area (TPSA) is 78.1 Å². The van der Waals surface area contributed by atoms with Crippen LogP contribution < -0.4 is 15.8 Å². The number of carbonyl (C=O) groups excluding carboxylic acids is 1. The Hall–Kier alpha value is -1.56. The summed E-state index contributed by atoms with van der Waals surface area (Å²) in [5.41, 5.74) is 0.242. The molecule has 1 saturated heterocycles. The normalized spacial score (nSPS) is 18.9. The maximum absolute atomic E-state index is 11.7. The van der Waals surface area contributed by atoms with Crippen molar-refractivity contribution in [1.29, 1.82) is 0 Å². The van der Waals surface area contributed by atoms with Crippen molar-refractivity contribution in [3.63, 3.8) is 0 Å². The molecule has 2 heterocycles. The molecule has 1 aromatic rings. The van der Waals surface area contributed by atoms with E-state index >= 15 is 0 Å². The van der Waals surface area contributed by atoms with Crippen molar-refractivity contribution in [1.82, 2.24) is 15.5 Å². The van der Waals surface area contributed by atoms with Gasteiger partial charge in [0.25, 0.3) is 5.56 Å². The number of hydrogen-bond acceptors (Lipinski definition) is 4. The molecule has 1 aromatic heterocycles. The van der Waals surface area contributed by atoms with Crippen molar-refractivity contribution in [3.8, 4) is 0 Å². The number of rotatable bonds is 4. The van der Waals surface area contributed by atoms with Gasteiger partial charge in [0.05, 0.1) is 11.9 Å². The minimum atomic E-state index is -0.388. The van der Waals surface area contributed by atoms with Crippen molar-refractivity contribution in [2.75, 3.05) is 18.0 Å². The monoisotopic (exact) mass is 298 g/mol. The largest absolute Gasteiger partial charge is 0.367 e. The van der Waals surface area contributed by atoms with Crippen LogP contribution in [0.4, 0.5) is 5.69 Å². The van der Waals surface area contributed by atoms with Crippen LogP contribution in [0.2, 0.25) is 5.02 Å². The Balaban J connectivity index is 2.05. The van der Waals surface area contributed by atoms with Gasteiger partial charge in [-0.15, -0.1) is 0 Å². The van der Waals surface area contributed by atoms with E-state index in [1.807, 2.05) is 11.8 Å². The quantitative estimate of drug-likeness (QED) is 0.878. The third-order valence-electron chi connectivity index (χ3n) is 3.38. The highest BCUT2D eigenvalue weighted by Gasteiger charge is 2.23. The number of H-pyrrole nitrogens is 1. The second kappa shape index (κ2) is 6.74. The summed E-state index contributed by atoms with van der Waals surface area (Å²) >= 11 is 6.02. The molecule has 2 N–H and O–H groups in total. The zero-order chi connectivity index (χ0) is 14.5. The van der Waals surface area contributed by atoms with E-state index in [9.17, 15) is 9.59 Å². The first-order valence-corrected chi connectivity index (χ1v) is 7.27. The van der Waals surface area contributed by atoms with Gasteiger partial charge in [0.2, 0.25) is 5.91 Å². The van der Waals surface area contributed by atoms with Crippen LogP contribution in [0, 0.1) is 0 Å². The lowest BCUT2D eigenvalue weighted by atomic mass is 10.0. The molecular weight excluding hydrogens is 280 g/mol. The Morgan fingerprint density at radius 3 is 3.20 bits per heavy atom. The number of carbonyl (C=O) groups is 1. The molecule has 1 fully saturated rings. The van der Waals surface area contributed by atoms with Crippen molar-refractivity contribution < 1.29 is 4.79 Å². The van der Waals surface area contributed by atoms with Gasteiger partial charge in [-0.3, -0.25) is 9.59 Å². The predicted molar refractivity (Wildman–Crippen MR) is 78.2 cm³/mol. The number of hydrogen-bond donors (Lipinski definition) is 2. The van der Waals surface area contributed by atoms with Gasteiger partial charge in [0, 0.05) is 25.6 Å². The fourth-order valence-corrected chi connectivity index (χ4v) is 2.65. The number of halogens is 1. The summed E-state index contributed by atoms with van der Waals surface area (Å²) < 4.78 is 0. The molecule has 110 valence electrons. The fourth-order valence-electron chi connectivity index (χ4n) is 2.44. The lowest BCUT2D eigenvalue weighted by Crippen LogP contribution is -2.48. The Bertz CT molecular complexity index is 531. The molecule has 1 atom stereocenters. The molecule has 1 aliphatic heterocycles. The highest BCUT2D eigenvalue weighted by Crippen LogP contribution is 2.24. The molecule has 0 aromatic carbocycles. The van der Waals surface area contributed by atoms with Crippen molar-refractivity contribution >= 4 is 23.2 Å². The van der Waals surface area contributed by atoms with Crippen molar-refractivity contribution in [2.45, 2.75) is 38.6 Å². The Kier molecular flexibility index (Phi) is 5.00. The average Bonchev–Trinajstić information content (AvgIpc) is 2.42. The molecule has 0 spiro atoms. The van der Waals surface area contributed by atoms with E-state index < -0.39 is 0 Å². The number of piperidine rings is 1. The minimum Gasteiger partial charge on any atom is -0.367 e. The van der Waals surface area contributed by atoms with Crippen LogP contribution in [0.5, 0.6) is 0 Å². The molecule has 1 amide bonds. The second-order valence-electron chi connectivity index (χ2n) is 5.00. The first-order valence-electron chi connectivity index (χ1n) is 6.89. The highest BCUT2D eigenvalue weighted by atomic mass is 35.5. The summed E-state index contributed by atoms with van der Waals surface area (Å²) in [4.78, 5) is 25.1. The summed E-state index contributed by atoms with van der Waals surface area (Å²) in [7, 11) is 0. The van der Waals surface area contributed by atoms with Gasteiger partial charge in [0.1, 0.15) is 5.02 Å². The molecule has 0 radical (unpaired) electrons. The van der Waals surface area contributed by atoms with Crippen molar-refractivity contribution in [2.24, 2.45) is 0 Å². The highest BCUT2D eigenvalue weighted by molar-refractivity contribution is 6.33. The summed E-state index contributed by atoms with van der Waals surface area (Å²) in [6, 6.07) is 0.0955. The maximum Gasteiger partial charge on any atom is 0.285 e. The van der Waals surface area contributed by atoms with E-state index in [1.165, 1.54) is 0 Å². The SMILES string of the molecule is CCCC(=O)NC1CCCN(c2cn[nH]c(=O)c2Cl)C1. The number of aromatic amines is 1. The molecule has 0 aliphatic carbocycles. The van der Waals surface area contributed by atoms with E-state index in [-0.39, 0.29) is 22.5 Å². The first-order chi connectivity index (χ1) is 9.61. The van der Waals surface area contributed by atoms with Crippen LogP contribution in [0.1, 0.15) is 32.6 Å².